The molecule has 0 aromatic heterocycles. The number of hydrogen-bond acceptors (Lipinski definition) is 15. The predicted octanol–water partition coefficient (Wildman–Crippen LogP) is 22.1. The van der Waals surface area contributed by atoms with Crippen LogP contribution in [0.15, 0.2) is 0 Å². The first-order chi connectivity index (χ1) is 45.6. The number of carbonyl (C=O) groups is 4. The first-order valence-electron chi connectivity index (χ1n) is 39.2. The third-order valence-corrected chi connectivity index (χ3v) is 19.8. The molecule has 0 aliphatic rings. The van der Waals surface area contributed by atoms with E-state index >= 15 is 0 Å². The van der Waals surface area contributed by atoms with Crippen molar-refractivity contribution in [3.63, 3.8) is 0 Å². The van der Waals surface area contributed by atoms with Gasteiger partial charge in [0.2, 0.25) is 0 Å². The Morgan fingerprint density at radius 3 is 0.755 bits per heavy atom. The van der Waals surface area contributed by atoms with E-state index in [0.717, 1.165) is 102 Å². The van der Waals surface area contributed by atoms with Crippen molar-refractivity contribution in [3.05, 3.63) is 0 Å². The molecule has 0 radical (unpaired) electrons. The molecule has 3 N–H and O–H groups in total. The summed E-state index contributed by atoms with van der Waals surface area (Å²) in [5.74, 6) is -1.26. The lowest BCUT2D eigenvalue weighted by molar-refractivity contribution is -0.161. The zero-order valence-electron chi connectivity index (χ0n) is 61.1. The molecule has 0 fully saturated rings. The summed E-state index contributed by atoms with van der Waals surface area (Å²) in [5.41, 5.74) is 0. The molecule has 0 aromatic rings. The van der Waals surface area contributed by atoms with E-state index < -0.39 is 97.5 Å². The average molecular weight is 1380 g/mol. The van der Waals surface area contributed by atoms with Crippen molar-refractivity contribution in [1.82, 2.24) is 0 Å². The smallest absolute Gasteiger partial charge is 0.462 e. The minimum Gasteiger partial charge on any atom is -0.462 e. The third kappa shape index (κ3) is 67.3. The second-order valence-electron chi connectivity index (χ2n) is 27.3. The topological polar surface area (TPSA) is 237 Å². The SMILES string of the molecule is CCCCCCCCCCCCCCCCCCCCC(=O)OC[C@H](COP(=O)(O)OC[C@@H](O)COP(=O)(O)OC[C@@H](COC(=O)CCCCCCC)OC(=O)CCCCCCCCCCC)OC(=O)CCCCCCCCCCCCCCCCCCCCC(C)CC. The lowest BCUT2D eigenvalue weighted by Gasteiger charge is -2.21. The van der Waals surface area contributed by atoms with Crippen molar-refractivity contribution in [1.29, 1.82) is 0 Å². The Kier molecular flexibility index (Phi) is 66.8. The Hall–Kier alpha value is -1.94. The van der Waals surface area contributed by atoms with E-state index in [1.165, 1.54) is 212 Å². The van der Waals surface area contributed by atoms with Crippen LogP contribution in [-0.4, -0.2) is 96.7 Å². The standard InChI is InChI=1S/C75H146O17P2/c1-6-10-13-16-18-20-21-22-23-24-28-31-34-37-41-44-49-54-59-73(78)86-65-71(92-75(80)61-56-51-46-42-38-35-32-29-26-25-27-30-33-36-40-43-48-52-57-68(5)9-4)67-90-94(83,84)88-63-69(76)62-87-93(81,82)89-66-70(64-85-72(77)58-53-47-15-12-8-3)91-74(79)60-55-50-45-39-19-17-14-11-7-2/h68-71,76H,6-67H2,1-5H3,(H,81,82)(H,83,84)/t68?,69-,70+,71+/m0/s1. The maximum Gasteiger partial charge on any atom is 0.472 e. The van der Waals surface area contributed by atoms with E-state index in [1.54, 1.807) is 0 Å². The molecule has 19 heteroatoms. The Morgan fingerprint density at radius 1 is 0.298 bits per heavy atom. The van der Waals surface area contributed by atoms with Gasteiger partial charge in [-0.15, -0.1) is 0 Å². The van der Waals surface area contributed by atoms with Gasteiger partial charge in [0.25, 0.3) is 0 Å². The zero-order valence-corrected chi connectivity index (χ0v) is 62.9. The van der Waals surface area contributed by atoms with Gasteiger partial charge in [0, 0.05) is 25.7 Å². The minimum atomic E-state index is -4.95. The maximum atomic E-state index is 13.1. The van der Waals surface area contributed by atoms with Crippen LogP contribution in [0.4, 0.5) is 0 Å². The zero-order chi connectivity index (χ0) is 69.1. The highest BCUT2D eigenvalue weighted by molar-refractivity contribution is 7.47. The lowest BCUT2D eigenvalue weighted by atomic mass is 9.99. The molecule has 0 aliphatic carbocycles. The molecule has 0 bridgehead atoms. The van der Waals surface area contributed by atoms with Crippen LogP contribution < -0.4 is 0 Å². The number of phosphoric ester groups is 2. The van der Waals surface area contributed by atoms with Crippen molar-refractivity contribution in [2.75, 3.05) is 39.6 Å². The van der Waals surface area contributed by atoms with E-state index in [2.05, 4.69) is 34.6 Å². The molecular formula is C75H146O17P2. The van der Waals surface area contributed by atoms with E-state index in [0.29, 0.717) is 25.7 Å². The number of aliphatic hydroxyl groups is 1. The Bertz CT molecular complexity index is 1810. The van der Waals surface area contributed by atoms with E-state index in [4.69, 9.17) is 37.0 Å². The van der Waals surface area contributed by atoms with E-state index in [9.17, 15) is 43.2 Å². The van der Waals surface area contributed by atoms with Crippen LogP contribution in [-0.2, 0) is 65.4 Å². The molecule has 0 heterocycles. The highest BCUT2D eigenvalue weighted by Gasteiger charge is 2.30. The number of esters is 4. The van der Waals surface area contributed by atoms with Crippen LogP contribution in [0.5, 0.6) is 0 Å². The predicted molar refractivity (Wildman–Crippen MR) is 382 cm³/mol. The highest BCUT2D eigenvalue weighted by atomic mass is 31.2. The Morgan fingerprint density at radius 2 is 0.511 bits per heavy atom. The van der Waals surface area contributed by atoms with Crippen molar-refractivity contribution in [2.24, 2.45) is 5.92 Å². The van der Waals surface area contributed by atoms with Gasteiger partial charge >= 0.3 is 39.5 Å². The summed E-state index contributed by atoms with van der Waals surface area (Å²) in [4.78, 5) is 72.3. The Labute approximate surface area is 575 Å². The molecule has 0 rings (SSSR count). The molecule has 0 saturated heterocycles. The van der Waals surface area contributed by atoms with Gasteiger partial charge in [0.15, 0.2) is 12.2 Å². The summed E-state index contributed by atoms with van der Waals surface area (Å²) < 4.78 is 68.2. The highest BCUT2D eigenvalue weighted by Crippen LogP contribution is 2.45. The molecule has 558 valence electrons. The molecule has 0 aliphatic heterocycles. The van der Waals surface area contributed by atoms with E-state index in [1.807, 2.05) is 0 Å². The summed E-state index contributed by atoms with van der Waals surface area (Å²) in [5, 5.41) is 10.6. The monoisotopic (exact) mass is 1380 g/mol. The van der Waals surface area contributed by atoms with Crippen LogP contribution in [0.25, 0.3) is 0 Å². The molecule has 0 saturated carbocycles. The molecule has 0 aromatic carbocycles. The van der Waals surface area contributed by atoms with Crippen LogP contribution >= 0.6 is 15.6 Å². The average Bonchev–Trinajstić information content (AvgIpc) is 1.43. The van der Waals surface area contributed by atoms with Crippen LogP contribution in [0.2, 0.25) is 0 Å². The number of hydrogen-bond donors (Lipinski definition) is 3. The van der Waals surface area contributed by atoms with Crippen LogP contribution in [0, 0.1) is 5.92 Å². The van der Waals surface area contributed by atoms with Gasteiger partial charge in [-0.05, 0) is 31.6 Å². The van der Waals surface area contributed by atoms with Gasteiger partial charge in [0.1, 0.15) is 19.3 Å². The number of unbranched alkanes of at least 4 members (excludes halogenated alkanes) is 46. The molecular weight excluding hydrogens is 1230 g/mol. The number of phosphoric acid groups is 2. The van der Waals surface area contributed by atoms with Crippen molar-refractivity contribution in [3.8, 4) is 0 Å². The summed E-state index contributed by atoms with van der Waals surface area (Å²) in [6.07, 6.45) is 57.5. The van der Waals surface area contributed by atoms with Gasteiger partial charge in [-0.25, -0.2) is 9.13 Å². The largest absolute Gasteiger partial charge is 0.472 e. The van der Waals surface area contributed by atoms with Crippen LogP contribution in [0.1, 0.15) is 394 Å². The summed E-state index contributed by atoms with van der Waals surface area (Å²) in [7, 11) is -9.89. The normalized spacial score (nSPS) is 14.3. The Balaban J connectivity index is 5.09. The molecule has 94 heavy (non-hydrogen) atoms. The minimum absolute atomic E-state index is 0.105. The first kappa shape index (κ1) is 92.1. The fourth-order valence-electron chi connectivity index (χ4n) is 11.5. The second kappa shape index (κ2) is 68.2. The number of rotatable bonds is 75. The van der Waals surface area contributed by atoms with Crippen molar-refractivity contribution >= 4 is 39.5 Å². The summed E-state index contributed by atoms with van der Waals surface area (Å²) >= 11 is 0. The van der Waals surface area contributed by atoms with Crippen molar-refractivity contribution in [2.45, 2.75) is 412 Å². The molecule has 0 amide bonds. The van der Waals surface area contributed by atoms with Gasteiger partial charge in [0.05, 0.1) is 26.4 Å². The molecule has 6 atom stereocenters. The molecule has 3 unspecified atom stereocenters. The van der Waals surface area contributed by atoms with Crippen molar-refractivity contribution < 1.29 is 80.2 Å². The number of aliphatic hydroxyl groups excluding tert-OH is 1. The van der Waals surface area contributed by atoms with Gasteiger partial charge in [-0.1, -0.05) is 343 Å². The molecule has 17 nitrogen and oxygen atoms in total. The summed E-state index contributed by atoms with van der Waals surface area (Å²) in [6.45, 7) is 7.24. The lowest BCUT2D eigenvalue weighted by Crippen LogP contribution is -2.30. The van der Waals surface area contributed by atoms with E-state index in [-0.39, 0.29) is 25.7 Å². The van der Waals surface area contributed by atoms with Gasteiger partial charge in [-0.2, -0.15) is 0 Å². The number of ether oxygens (including phenoxy) is 4. The fourth-order valence-corrected chi connectivity index (χ4v) is 13.1. The summed E-state index contributed by atoms with van der Waals surface area (Å²) in [6, 6.07) is 0. The second-order valence-corrected chi connectivity index (χ2v) is 30.2. The molecule has 0 spiro atoms. The fraction of sp³-hybridized carbons (Fsp3) is 0.947. The number of carbonyl (C=O) groups excluding carboxylic acids is 4. The van der Waals surface area contributed by atoms with Gasteiger partial charge < -0.3 is 33.8 Å². The third-order valence-electron chi connectivity index (χ3n) is 17.9. The van der Waals surface area contributed by atoms with Crippen LogP contribution in [0.3, 0.4) is 0 Å². The maximum absolute atomic E-state index is 13.1. The van der Waals surface area contributed by atoms with Gasteiger partial charge in [-0.3, -0.25) is 37.3 Å². The quantitative estimate of drug-likeness (QED) is 0.0222. The first-order valence-corrected chi connectivity index (χ1v) is 42.2.